The average molecular weight is 436 g/mol. The summed E-state index contributed by atoms with van der Waals surface area (Å²) in [6.07, 6.45) is 7.48. The van der Waals surface area contributed by atoms with Gasteiger partial charge in [0.2, 0.25) is 5.95 Å². The first kappa shape index (κ1) is 20.7. The van der Waals surface area contributed by atoms with Crippen molar-refractivity contribution in [1.82, 2.24) is 24.4 Å². The Morgan fingerprint density at radius 1 is 1.06 bits per heavy atom. The van der Waals surface area contributed by atoms with Crippen molar-refractivity contribution in [2.24, 2.45) is 0 Å². The zero-order valence-corrected chi connectivity index (χ0v) is 18.6. The normalized spacial score (nSPS) is 17.8. The van der Waals surface area contributed by atoms with Gasteiger partial charge in [0.25, 0.3) is 0 Å². The van der Waals surface area contributed by atoms with E-state index >= 15 is 0 Å². The van der Waals surface area contributed by atoms with Gasteiger partial charge in [0.05, 0.1) is 18.2 Å². The van der Waals surface area contributed by atoms with Gasteiger partial charge in [-0.3, -0.25) is 4.57 Å². The Morgan fingerprint density at radius 3 is 2.56 bits per heavy atom. The number of benzene rings is 1. The van der Waals surface area contributed by atoms with Crippen LogP contribution in [0.4, 0.5) is 17.3 Å². The summed E-state index contributed by atoms with van der Waals surface area (Å²) >= 11 is 0. The Balaban J connectivity index is 1.45. The van der Waals surface area contributed by atoms with Crippen molar-refractivity contribution in [2.75, 3.05) is 50.6 Å². The fourth-order valence-corrected chi connectivity index (χ4v) is 4.66. The molecule has 0 atom stereocenters. The lowest BCUT2D eigenvalue weighted by Gasteiger charge is -2.34. The van der Waals surface area contributed by atoms with Gasteiger partial charge in [-0.2, -0.15) is 4.98 Å². The molecule has 168 valence electrons. The molecule has 2 aliphatic rings. The van der Waals surface area contributed by atoms with Crippen LogP contribution < -0.4 is 20.6 Å². The summed E-state index contributed by atoms with van der Waals surface area (Å²) in [6.45, 7) is 4.08. The van der Waals surface area contributed by atoms with Crippen molar-refractivity contribution in [2.45, 2.75) is 31.7 Å². The lowest BCUT2D eigenvalue weighted by Crippen LogP contribution is -2.44. The lowest BCUT2D eigenvalue weighted by molar-refractivity contribution is 0.312. The van der Waals surface area contributed by atoms with Gasteiger partial charge in [0.15, 0.2) is 5.65 Å². The smallest absolute Gasteiger partial charge is 0.349 e. The Kier molecular flexibility index (Phi) is 5.65. The quantitative estimate of drug-likeness (QED) is 0.655. The van der Waals surface area contributed by atoms with E-state index in [0.29, 0.717) is 11.6 Å². The molecule has 1 aliphatic heterocycles. The molecule has 0 amide bonds. The van der Waals surface area contributed by atoms with Crippen LogP contribution >= 0.6 is 0 Å². The van der Waals surface area contributed by atoms with Crippen LogP contribution in [0.25, 0.3) is 11.0 Å². The van der Waals surface area contributed by atoms with Gasteiger partial charge in [-0.25, -0.2) is 14.8 Å². The molecule has 1 aromatic carbocycles. The number of nitrogens with one attached hydrogen (secondary N) is 1. The largest absolute Gasteiger partial charge is 0.494 e. The van der Waals surface area contributed by atoms with Crippen molar-refractivity contribution < 1.29 is 4.74 Å². The van der Waals surface area contributed by atoms with Gasteiger partial charge >= 0.3 is 5.69 Å². The summed E-state index contributed by atoms with van der Waals surface area (Å²) in [6, 6.07) is 6.29. The first-order valence-electron chi connectivity index (χ1n) is 11.3. The van der Waals surface area contributed by atoms with Gasteiger partial charge in [-0.1, -0.05) is 12.8 Å². The van der Waals surface area contributed by atoms with Gasteiger partial charge in [-0.05, 0) is 32.0 Å². The standard InChI is InChI=1S/C23H29N7O2/c1-28-9-11-29(12-10-28)18-7-8-19(20(13-18)32-2)26-22-24-14-16-15-25-23(31)30(21(16)27-22)17-5-3-4-6-17/h7-8,13-15,17H,3-6,9-12H2,1-2H3,(H,24,26,27). The fraction of sp³-hybridized carbons (Fsp3) is 0.478. The predicted octanol–water partition coefficient (Wildman–Crippen LogP) is 2.81. The summed E-state index contributed by atoms with van der Waals surface area (Å²) < 4.78 is 7.40. The summed E-state index contributed by atoms with van der Waals surface area (Å²) in [5.41, 5.74) is 2.31. The van der Waals surface area contributed by atoms with E-state index in [0.717, 1.165) is 74.4 Å². The molecule has 0 unspecified atom stereocenters. The SMILES string of the molecule is COc1cc(N2CCN(C)CC2)ccc1Nc1ncc2cnc(=O)n(C3CCCC3)c2n1. The molecule has 0 spiro atoms. The van der Waals surface area contributed by atoms with E-state index in [1.165, 1.54) is 0 Å². The topological polar surface area (TPSA) is 88.4 Å². The molecular formula is C23H29N7O2. The molecule has 9 heteroatoms. The number of fused-ring (bicyclic) bond motifs is 1. The van der Waals surface area contributed by atoms with Crippen molar-refractivity contribution in [3.63, 3.8) is 0 Å². The van der Waals surface area contributed by atoms with Crippen LogP contribution in [0.2, 0.25) is 0 Å². The van der Waals surface area contributed by atoms with Crippen LogP contribution in [-0.4, -0.2) is 64.8 Å². The highest BCUT2D eigenvalue weighted by Crippen LogP contribution is 2.33. The molecule has 1 aliphatic carbocycles. The van der Waals surface area contributed by atoms with Gasteiger partial charge in [0.1, 0.15) is 5.75 Å². The number of likely N-dealkylation sites (N-methyl/N-ethyl adjacent to an activating group) is 1. The third-order valence-electron chi connectivity index (χ3n) is 6.53. The number of rotatable bonds is 5. The van der Waals surface area contributed by atoms with E-state index in [2.05, 4.69) is 38.2 Å². The minimum absolute atomic E-state index is 0.152. The average Bonchev–Trinajstić information content (AvgIpc) is 3.34. The molecular weight excluding hydrogens is 406 g/mol. The molecule has 1 saturated heterocycles. The minimum Gasteiger partial charge on any atom is -0.494 e. The van der Waals surface area contributed by atoms with Crippen LogP contribution in [0.5, 0.6) is 5.75 Å². The lowest BCUT2D eigenvalue weighted by atomic mass is 10.2. The molecule has 1 saturated carbocycles. The highest BCUT2D eigenvalue weighted by atomic mass is 16.5. The molecule has 32 heavy (non-hydrogen) atoms. The third-order valence-corrected chi connectivity index (χ3v) is 6.53. The highest BCUT2D eigenvalue weighted by molar-refractivity contribution is 5.76. The van der Waals surface area contributed by atoms with E-state index in [-0.39, 0.29) is 11.7 Å². The summed E-state index contributed by atoms with van der Waals surface area (Å²) in [4.78, 5) is 30.4. The number of hydrogen-bond donors (Lipinski definition) is 1. The third kappa shape index (κ3) is 4.00. The Morgan fingerprint density at radius 2 is 1.81 bits per heavy atom. The summed E-state index contributed by atoms with van der Waals surface area (Å²) in [5.74, 6) is 1.16. The van der Waals surface area contributed by atoms with Crippen LogP contribution in [0, 0.1) is 0 Å². The first-order valence-corrected chi connectivity index (χ1v) is 11.3. The van der Waals surface area contributed by atoms with Crippen LogP contribution in [0.3, 0.4) is 0 Å². The van der Waals surface area contributed by atoms with Gasteiger partial charge in [0, 0.05) is 56.4 Å². The Labute approximate surface area is 187 Å². The second kappa shape index (κ2) is 8.74. The zero-order valence-electron chi connectivity index (χ0n) is 18.6. The number of nitrogens with zero attached hydrogens (tertiary/aromatic N) is 6. The number of methoxy groups -OCH3 is 1. The summed E-state index contributed by atoms with van der Waals surface area (Å²) in [5, 5.41) is 4.04. The van der Waals surface area contributed by atoms with E-state index < -0.39 is 0 Å². The highest BCUT2D eigenvalue weighted by Gasteiger charge is 2.22. The Bertz CT molecular complexity index is 1160. The van der Waals surface area contributed by atoms with E-state index in [1.807, 2.05) is 12.1 Å². The van der Waals surface area contributed by atoms with Crippen LogP contribution in [0.15, 0.2) is 35.4 Å². The summed E-state index contributed by atoms with van der Waals surface area (Å²) in [7, 11) is 3.82. The maximum Gasteiger partial charge on any atom is 0.349 e. The molecule has 3 heterocycles. The molecule has 5 rings (SSSR count). The molecule has 2 aromatic heterocycles. The van der Waals surface area contributed by atoms with Gasteiger partial charge < -0.3 is 19.9 Å². The molecule has 0 radical (unpaired) electrons. The van der Waals surface area contributed by atoms with E-state index in [9.17, 15) is 4.79 Å². The molecule has 2 fully saturated rings. The zero-order chi connectivity index (χ0) is 22.1. The fourth-order valence-electron chi connectivity index (χ4n) is 4.66. The number of anilines is 3. The van der Waals surface area contributed by atoms with E-state index in [1.54, 1.807) is 24.1 Å². The maximum atomic E-state index is 12.5. The second-order valence-corrected chi connectivity index (χ2v) is 8.62. The van der Waals surface area contributed by atoms with E-state index in [4.69, 9.17) is 9.72 Å². The number of hydrogen-bond acceptors (Lipinski definition) is 8. The van der Waals surface area contributed by atoms with Crippen molar-refractivity contribution in [3.8, 4) is 5.75 Å². The monoisotopic (exact) mass is 435 g/mol. The van der Waals surface area contributed by atoms with Crippen molar-refractivity contribution in [3.05, 3.63) is 41.1 Å². The number of aromatic nitrogens is 4. The first-order chi connectivity index (χ1) is 15.6. The predicted molar refractivity (Wildman–Crippen MR) is 125 cm³/mol. The minimum atomic E-state index is -0.247. The number of piperazine rings is 1. The second-order valence-electron chi connectivity index (χ2n) is 8.62. The molecule has 3 aromatic rings. The van der Waals surface area contributed by atoms with Crippen molar-refractivity contribution >= 4 is 28.4 Å². The number of ether oxygens (including phenoxy) is 1. The van der Waals surface area contributed by atoms with Crippen LogP contribution in [0.1, 0.15) is 31.7 Å². The van der Waals surface area contributed by atoms with Crippen LogP contribution in [-0.2, 0) is 0 Å². The molecule has 1 N–H and O–H groups in total. The van der Waals surface area contributed by atoms with Crippen molar-refractivity contribution in [1.29, 1.82) is 0 Å². The molecule has 0 bridgehead atoms. The molecule has 9 nitrogen and oxygen atoms in total. The Hall–Kier alpha value is -3.20. The maximum absolute atomic E-state index is 12.5. The van der Waals surface area contributed by atoms with Gasteiger partial charge in [-0.15, -0.1) is 0 Å².